The standard InChI is InChI=1S/C52H35NO/c1-51(2)42-20-8-3-17-37(42)41-30-32(27-29-43(41)51)53(48-24-13-19-40-39-18-7-12-25-49(39)54-50(40)48)33-26-28-38-36-16-6-11-23-46(36)52(47(38)31-33)44-21-9-4-14-34(44)35-15-5-10-22-45(35)52/h3-31H,1-2H3. The van der Waals surface area contributed by atoms with Crippen LogP contribution in [0, 0.1) is 0 Å². The minimum Gasteiger partial charge on any atom is -0.454 e. The molecule has 3 aliphatic rings. The Morgan fingerprint density at radius 2 is 0.889 bits per heavy atom. The quantitative estimate of drug-likeness (QED) is 0.184. The van der Waals surface area contributed by atoms with Crippen LogP contribution in [0.3, 0.4) is 0 Å². The molecule has 0 aliphatic heterocycles. The molecule has 0 atom stereocenters. The van der Waals surface area contributed by atoms with Gasteiger partial charge < -0.3 is 9.32 Å². The molecule has 0 amide bonds. The van der Waals surface area contributed by atoms with Gasteiger partial charge in [0.15, 0.2) is 5.58 Å². The fraction of sp³-hybridized carbons (Fsp3) is 0.0769. The van der Waals surface area contributed by atoms with Gasteiger partial charge in [-0.05, 0) is 103 Å². The van der Waals surface area contributed by atoms with Gasteiger partial charge in [-0.3, -0.25) is 0 Å². The van der Waals surface area contributed by atoms with Crippen molar-refractivity contribution in [2.75, 3.05) is 4.90 Å². The summed E-state index contributed by atoms with van der Waals surface area (Å²) >= 11 is 0. The molecule has 0 unspecified atom stereocenters. The van der Waals surface area contributed by atoms with Crippen LogP contribution in [0.4, 0.5) is 17.1 Å². The zero-order valence-electron chi connectivity index (χ0n) is 30.1. The van der Waals surface area contributed by atoms with Crippen LogP contribution in [0.15, 0.2) is 180 Å². The molecule has 0 fully saturated rings. The smallest absolute Gasteiger partial charge is 0.159 e. The summed E-state index contributed by atoms with van der Waals surface area (Å²) in [5.74, 6) is 0. The zero-order valence-corrected chi connectivity index (χ0v) is 30.1. The maximum absolute atomic E-state index is 6.78. The Labute approximate surface area is 314 Å². The lowest BCUT2D eigenvalue weighted by atomic mass is 9.70. The third-order valence-corrected chi connectivity index (χ3v) is 12.7. The highest BCUT2D eigenvalue weighted by molar-refractivity contribution is 6.10. The molecule has 3 aliphatic carbocycles. The van der Waals surface area contributed by atoms with Crippen molar-refractivity contribution in [2.45, 2.75) is 24.7 Å². The number of hydrogen-bond donors (Lipinski definition) is 0. The van der Waals surface area contributed by atoms with E-state index in [4.69, 9.17) is 4.42 Å². The fourth-order valence-electron chi connectivity index (χ4n) is 10.4. The SMILES string of the molecule is CC1(C)c2ccccc2-c2cc(N(c3ccc4c(c3)C3(c5ccccc5-c5ccccc53)c3ccccc3-4)c3cccc4c3oc3ccccc34)ccc21. The molecule has 2 heteroatoms. The van der Waals surface area contributed by atoms with Crippen molar-refractivity contribution >= 4 is 39.0 Å². The van der Waals surface area contributed by atoms with Crippen molar-refractivity contribution in [1.82, 2.24) is 0 Å². The number of fused-ring (bicyclic) bond motifs is 16. The number of nitrogens with zero attached hydrogens (tertiary/aromatic N) is 1. The van der Waals surface area contributed by atoms with Gasteiger partial charge in [0.1, 0.15) is 5.58 Å². The second-order valence-electron chi connectivity index (χ2n) is 15.6. The summed E-state index contributed by atoms with van der Waals surface area (Å²) in [6.45, 7) is 4.69. The highest BCUT2D eigenvalue weighted by Gasteiger charge is 2.51. The van der Waals surface area contributed by atoms with E-state index in [-0.39, 0.29) is 5.41 Å². The summed E-state index contributed by atoms with van der Waals surface area (Å²) in [5, 5.41) is 2.24. The van der Waals surface area contributed by atoms with Crippen molar-refractivity contribution in [3.05, 3.63) is 209 Å². The van der Waals surface area contributed by atoms with Crippen LogP contribution in [0.5, 0.6) is 0 Å². The molecule has 0 radical (unpaired) electrons. The Morgan fingerprint density at radius 3 is 1.57 bits per heavy atom. The Balaban J connectivity index is 1.16. The van der Waals surface area contributed by atoms with Gasteiger partial charge in [0.05, 0.1) is 11.1 Å². The molecule has 54 heavy (non-hydrogen) atoms. The summed E-state index contributed by atoms with van der Waals surface area (Å²) < 4.78 is 6.78. The van der Waals surface area contributed by atoms with Crippen molar-refractivity contribution in [1.29, 1.82) is 0 Å². The van der Waals surface area contributed by atoms with Gasteiger partial charge in [-0.1, -0.05) is 153 Å². The molecule has 0 saturated carbocycles. The van der Waals surface area contributed by atoms with Gasteiger partial charge in [-0.25, -0.2) is 0 Å². The minimum absolute atomic E-state index is 0.0803. The predicted octanol–water partition coefficient (Wildman–Crippen LogP) is 13.7. The van der Waals surface area contributed by atoms with Crippen LogP contribution in [0.2, 0.25) is 0 Å². The average molecular weight is 690 g/mol. The molecule has 0 bridgehead atoms. The number of furan rings is 1. The summed E-state index contributed by atoms with van der Waals surface area (Å²) in [5.41, 5.74) is 20.4. The van der Waals surface area contributed by atoms with E-state index < -0.39 is 5.41 Å². The number of anilines is 3. The van der Waals surface area contributed by atoms with Crippen molar-refractivity contribution in [3.8, 4) is 33.4 Å². The summed E-state index contributed by atoms with van der Waals surface area (Å²) in [6, 6.07) is 65.2. The molecule has 9 aromatic rings. The normalized spacial score (nSPS) is 14.8. The first-order chi connectivity index (χ1) is 26.5. The van der Waals surface area contributed by atoms with Crippen LogP contribution in [0.1, 0.15) is 47.2 Å². The summed E-state index contributed by atoms with van der Waals surface area (Å²) in [4.78, 5) is 2.43. The Kier molecular flexibility index (Phi) is 5.81. The second-order valence-corrected chi connectivity index (χ2v) is 15.6. The van der Waals surface area contributed by atoms with E-state index in [0.717, 1.165) is 39.0 Å². The van der Waals surface area contributed by atoms with Crippen molar-refractivity contribution in [3.63, 3.8) is 0 Å². The predicted molar refractivity (Wildman–Crippen MR) is 222 cm³/mol. The molecule has 0 saturated heterocycles. The van der Waals surface area contributed by atoms with Gasteiger partial charge >= 0.3 is 0 Å². The van der Waals surface area contributed by atoms with E-state index in [9.17, 15) is 0 Å². The molecule has 2 nitrogen and oxygen atoms in total. The van der Waals surface area contributed by atoms with Gasteiger partial charge in [0.2, 0.25) is 0 Å². The second kappa shape index (κ2) is 10.5. The van der Waals surface area contributed by atoms with E-state index >= 15 is 0 Å². The first-order valence-corrected chi connectivity index (χ1v) is 18.9. The van der Waals surface area contributed by atoms with E-state index in [1.165, 1.54) is 66.8 Å². The monoisotopic (exact) mass is 689 g/mol. The topological polar surface area (TPSA) is 16.4 Å². The molecular formula is C52H35NO. The first-order valence-electron chi connectivity index (χ1n) is 18.9. The van der Waals surface area contributed by atoms with Gasteiger partial charge in [0, 0.05) is 27.6 Å². The van der Waals surface area contributed by atoms with Gasteiger partial charge in [0.25, 0.3) is 0 Å². The number of rotatable bonds is 3. The van der Waals surface area contributed by atoms with Crippen molar-refractivity contribution < 1.29 is 4.42 Å². The van der Waals surface area contributed by atoms with E-state index in [2.05, 4.69) is 195 Å². The largest absolute Gasteiger partial charge is 0.454 e. The fourth-order valence-corrected chi connectivity index (χ4v) is 10.4. The van der Waals surface area contributed by atoms with Crippen LogP contribution in [0.25, 0.3) is 55.3 Å². The lowest BCUT2D eigenvalue weighted by molar-refractivity contribution is 0.660. The van der Waals surface area contributed by atoms with Gasteiger partial charge in [-0.15, -0.1) is 0 Å². The number of benzene rings is 8. The van der Waals surface area contributed by atoms with Crippen LogP contribution >= 0.6 is 0 Å². The highest BCUT2D eigenvalue weighted by atomic mass is 16.3. The Morgan fingerprint density at radius 1 is 0.389 bits per heavy atom. The summed E-state index contributed by atoms with van der Waals surface area (Å²) in [6.07, 6.45) is 0. The molecule has 8 aromatic carbocycles. The van der Waals surface area contributed by atoms with Crippen molar-refractivity contribution in [2.24, 2.45) is 0 Å². The van der Waals surface area contributed by atoms with E-state index in [0.29, 0.717) is 0 Å². The molecule has 0 N–H and O–H groups in total. The average Bonchev–Trinajstić information content (AvgIpc) is 3.91. The molecule has 1 aromatic heterocycles. The third-order valence-electron chi connectivity index (χ3n) is 12.7. The van der Waals surface area contributed by atoms with Crippen LogP contribution in [-0.4, -0.2) is 0 Å². The first kappa shape index (κ1) is 29.9. The molecule has 1 spiro atoms. The summed E-state index contributed by atoms with van der Waals surface area (Å²) in [7, 11) is 0. The molecule has 12 rings (SSSR count). The lowest BCUT2D eigenvalue weighted by Gasteiger charge is -2.32. The van der Waals surface area contributed by atoms with Crippen LogP contribution in [-0.2, 0) is 10.8 Å². The molecule has 1 heterocycles. The maximum Gasteiger partial charge on any atom is 0.159 e. The Hall–Kier alpha value is -6.64. The van der Waals surface area contributed by atoms with Gasteiger partial charge in [-0.2, -0.15) is 0 Å². The Bertz CT molecular complexity index is 2990. The minimum atomic E-state index is -0.437. The maximum atomic E-state index is 6.78. The zero-order chi connectivity index (χ0) is 35.8. The van der Waals surface area contributed by atoms with Crippen LogP contribution < -0.4 is 4.90 Å². The van der Waals surface area contributed by atoms with E-state index in [1.54, 1.807) is 0 Å². The molecular weight excluding hydrogens is 655 g/mol. The van der Waals surface area contributed by atoms with E-state index in [1.807, 2.05) is 0 Å². The lowest BCUT2D eigenvalue weighted by Crippen LogP contribution is -2.26. The number of para-hydroxylation sites is 2. The highest BCUT2D eigenvalue weighted by Crippen LogP contribution is 2.63. The third kappa shape index (κ3) is 3.65. The number of hydrogen-bond acceptors (Lipinski definition) is 2. The molecule has 254 valence electrons.